The minimum Gasteiger partial charge on any atom is -0.496 e. The molecule has 1 N–H and O–H groups in total. The Balaban J connectivity index is 2.09. The zero-order valence-electron chi connectivity index (χ0n) is 13.8. The van der Waals surface area contributed by atoms with Crippen LogP contribution in [0.4, 0.5) is 5.69 Å². The summed E-state index contributed by atoms with van der Waals surface area (Å²) < 4.78 is 29.5. The van der Waals surface area contributed by atoms with Gasteiger partial charge in [0.2, 0.25) is 5.91 Å². The van der Waals surface area contributed by atoms with E-state index in [4.69, 9.17) is 4.74 Å². The van der Waals surface area contributed by atoms with E-state index in [9.17, 15) is 13.2 Å². The van der Waals surface area contributed by atoms with Gasteiger partial charge in [-0.25, -0.2) is 8.42 Å². The van der Waals surface area contributed by atoms with Gasteiger partial charge in [0.25, 0.3) is 0 Å². The van der Waals surface area contributed by atoms with Gasteiger partial charge in [-0.15, -0.1) is 0 Å². The molecule has 0 fully saturated rings. The number of anilines is 1. The average molecular weight is 347 g/mol. The second-order valence-corrected chi connectivity index (χ2v) is 7.51. The number of ether oxygens (including phenoxy) is 1. The standard InChI is InChI=1S/C18H21NO4S/c1-3-24(21,22)17-11-7-5-9-15(17)19-18(20)13-12-14-8-4-6-10-16(14)23-2/h4-11H,3,12-13H2,1-2H3,(H,19,20). The minimum absolute atomic E-state index is 0.0128. The monoisotopic (exact) mass is 347 g/mol. The molecule has 6 heteroatoms. The Labute approximate surface area is 142 Å². The van der Waals surface area contributed by atoms with Gasteiger partial charge in [-0.3, -0.25) is 4.79 Å². The minimum atomic E-state index is -3.39. The number of carbonyl (C=O) groups is 1. The first-order chi connectivity index (χ1) is 11.5. The highest BCUT2D eigenvalue weighted by molar-refractivity contribution is 7.91. The molecule has 0 radical (unpaired) electrons. The van der Waals surface area contributed by atoms with Crippen molar-refractivity contribution in [2.24, 2.45) is 0 Å². The quantitative estimate of drug-likeness (QED) is 0.835. The van der Waals surface area contributed by atoms with Crippen LogP contribution in [0.15, 0.2) is 53.4 Å². The number of rotatable bonds is 7. The van der Waals surface area contributed by atoms with Crippen LogP contribution in [0.5, 0.6) is 5.75 Å². The fourth-order valence-electron chi connectivity index (χ4n) is 2.37. The molecule has 0 unspecified atom stereocenters. The molecule has 24 heavy (non-hydrogen) atoms. The zero-order valence-corrected chi connectivity index (χ0v) is 14.6. The molecule has 5 nitrogen and oxygen atoms in total. The topological polar surface area (TPSA) is 72.5 Å². The predicted molar refractivity (Wildman–Crippen MR) is 94.1 cm³/mol. The Hall–Kier alpha value is -2.34. The van der Waals surface area contributed by atoms with Crippen LogP contribution in [0, 0.1) is 0 Å². The van der Waals surface area contributed by atoms with Crippen LogP contribution in [0.1, 0.15) is 18.9 Å². The van der Waals surface area contributed by atoms with Crippen molar-refractivity contribution in [1.82, 2.24) is 0 Å². The van der Waals surface area contributed by atoms with E-state index in [2.05, 4.69) is 5.32 Å². The van der Waals surface area contributed by atoms with Crippen molar-refractivity contribution >= 4 is 21.4 Å². The van der Waals surface area contributed by atoms with Crippen LogP contribution in [0.25, 0.3) is 0 Å². The van der Waals surface area contributed by atoms with Crippen LogP contribution in [0.2, 0.25) is 0 Å². The molecule has 0 spiro atoms. The summed E-state index contributed by atoms with van der Waals surface area (Å²) in [5.41, 5.74) is 1.26. The number of sulfone groups is 1. The molecule has 0 saturated carbocycles. The molecule has 0 aliphatic rings. The van der Waals surface area contributed by atoms with Crippen LogP contribution in [-0.2, 0) is 21.1 Å². The molecular weight excluding hydrogens is 326 g/mol. The Morgan fingerprint density at radius 1 is 1.08 bits per heavy atom. The highest BCUT2D eigenvalue weighted by atomic mass is 32.2. The number of aryl methyl sites for hydroxylation is 1. The van der Waals surface area contributed by atoms with Gasteiger partial charge in [-0.05, 0) is 30.2 Å². The normalized spacial score (nSPS) is 11.1. The molecule has 0 saturated heterocycles. The molecule has 2 aromatic rings. The van der Waals surface area contributed by atoms with Crippen molar-refractivity contribution in [1.29, 1.82) is 0 Å². The fourth-order valence-corrected chi connectivity index (χ4v) is 3.42. The van der Waals surface area contributed by atoms with E-state index < -0.39 is 9.84 Å². The van der Waals surface area contributed by atoms with E-state index >= 15 is 0 Å². The highest BCUT2D eigenvalue weighted by Gasteiger charge is 2.17. The SMILES string of the molecule is CCS(=O)(=O)c1ccccc1NC(=O)CCc1ccccc1OC. The van der Waals surface area contributed by atoms with E-state index in [1.54, 1.807) is 32.2 Å². The number of carbonyl (C=O) groups excluding carboxylic acids is 1. The predicted octanol–water partition coefficient (Wildman–Crippen LogP) is 3.06. The maximum absolute atomic E-state index is 12.2. The molecule has 0 aliphatic heterocycles. The van der Waals surface area contributed by atoms with Gasteiger partial charge in [-0.1, -0.05) is 37.3 Å². The number of hydrogen-bond acceptors (Lipinski definition) is 4. The third-order valence-corrected chi connectivity index (χ3v) is 5.48. The van der Waals surface area contributed by atoms with Gasteiger partial charge in [0, 0.05) is 6.42 Å². The van der Waals surface area contributed by atoms with Crippen molar-refractivity contribution in [2.75, 3.05) is 18.2 Å². The summed E-state index contributed by atoms with van der Waals surface area (Å²) in [6.07, 6.45) is 0.749. The third kappa shape index (κ3) is 4.35. The summed E-state index contributed by atoms with van der Waals surface area (Å²) in [6.45, 7) is 1.58. The molecule has 2 aromatic carbocycles. The van der Waals surface area contributed by atoms with Crippen molar-refractivity contribution in [3.8, 4) is 5.75 Å². The van der Waals surface area contributed by atoms with Gasteiger partial charge in [0.05, 0.1) is 23.4 Å². The molecule has 128 valence electrons. The largest absolute Gasteiger partial charge is 0.496 e. The van der Waals surface area contributed by atoms with Gasteiger partial charge in [0.1, 0.15) is 5.75 Å². The van der Waals surface area contributed by atoms with E-state index in [-0.39, 0.29) is 23.0 Å². The molecule has 0 heterocycles. The van der Waals surface area contributed by atoms with Crippen LogP contribution >= 0.6 is 0 Å². The zero-order chi connectivity index (χ0) is 17.6. The molecule has 1 amide bonds. The molecule has 0 bridgehead atoms. The number of benzene rings is 2. The first-order valence-corrected chi connectivity index (χ1v) is 9.36. The van der Waals surface area contributed by atoms with Crippen molar-refractivity contribution in [2.45, 2.75) is 24.7 Å². The summed E-state index contributed by atoms with van der Waals surface area (Å²) in [4.78, 5) is 12.4. The number of amides is 1. The molecule has 2 rings (SSSR count). The Morgan fingerprint density at radius 3 is 2.46 bits per heavy atom. The van der Waals surface area contributed by atoms with E-state index in [0.717, 1.165) is 11.3 Å². The van der Waals surface area contributed by atoms with Crippen LogP contribution < -0.4 is 10.1 Å². The lowest BCUT2D eigenvalue weighted by molar-refractivity contribution is -0.116. The summed E-state index contributed by atoms with van der Waals surface area (Å²) in [5.74, 6) is 0.486. The second-order valence-electron chi connectivity index (χ2n) is 5.26. The lowest BCUT2D eigenvalue weighted by Crippen LogP contribution is -2.16. The number of nitrogens with one attached hydrogen (secondary N) is 1. The van der Waals surface area contributed by atoms with Crippen LogP contribution in [0.3, 0.4) is 0 Å². The van der Waals surface area contributed by atoms with Crippen molar-refractivity contribution in [3.05, 3.63) is 54.1 Å². The fraction of sp³-hybridized carbons (Fsp3) is 0.278. The van der Waals surface area contributed by atoms with Crippen molar-refractivity contribution in [3.63, 3.8) is 0 Å². The Bertz CT molecular complexity index is 815. The highest BCUT2D eigenvalue weighted by Crippen LogP contribution is 2.23. The number of para-hydroxylation sites is 2. The Kier molecular flexibility index (Phi) is 5.98. The van der Waals surface area contributed by atoms with Gasteiger partial charge < -0.3 is 10.1 Å². The summed E-state index contributed by atoms with van der Waals surface area (Å²) in [5, 5.41) is 2.70. The molecular formula is C18H21NO4S. The van der Waals surface area contributed by atoms with Crippen LogP contribution in [-0.4, -0.2) is 27.2 Å². The maximum Gasteiger partial charge on any atom is 0.224 e. The Morgan fingerprint density at radius 2 is 1.75 bits per heavy atom. The average Bonchev–Trinajstić information content (AvgIpc) is 2.60. The number of hydrogen-bond donors (Lipinski definition) is 1. The summed E-state index contributed by atoms with van der Waals surface area (Å²) >= 11 is 0. The lowest BCUT2D eigenvalue weighted by Gasteiger charge is -2.11. The lowest BCUT2D eigenvalue weighted by atomic mass is 10.1. The van der Waals surface area contributed by atoms with E-state index in [1.807, 2.05) is 24.3 Å². The molecule has 0 atom stereocenters. The second kappa shape index (κ2) is 7.97. The summed E-state index contributed by atoms with van der Waals surface area (Å²) in [7, 11) is -1.80. The number of methoxy groups -OCH3 is 1. The van der Waals surface area contributed by atoms with Crippen molar-refractivity contribution < 1.29 is 17.9 Å². The van der Waals surface area contributed by atoms with Gasteiger partial charge in [0.15, 0.2) is 9.84 Å². The first-order valence-electron chi connectivity index (χ1n) is 7.71. The van der Waals surface area contributed by atoms with Gasteiger partial charge in [-0.2, -0.15) is 0 Å². The third-order valence-electron chi connectivity index (χ3n) is 3.69. The van der Waals surface area contributed by atoms with Gasteiger partial charge >= 0.3 is 0 Å². The maximum atomic E-state index is 12.2. The van der Waals surface area contributed by atoms with E-state index in [0.29, 0.717) is 12.1 Å². The molecule has 0 aromatic heterocycles. The molecule has 0 aliphatic carbocycles. The smallest absolute Gasteiger partial charge is 0.224 e. The summed E-state index contributed by atoms with van der Waals surface area (Å²) in [6, 6.07) is 14.0. The van der Waals surface area contributed by atoms with E-state index in [1.165, 1.54) is 6.07 Å². The first kappa shape index (κ1) is 18.0.